The van der Waals surface area contributed by atoms with Gasteiger partial charge in [-0.3, -0.25) is 14.6 Å². The lowest BCUT2D eigenvalue weighted by Crippen LogP contribution is -2.37. The zero-order valence-corrected chi connectivity index (χ0v) is 17.3. The summed E-state index contributed by atoms with van der Waals surface area (Å²) in [4.78, 5) is 11.7. The van der Waals surface area contributed by atoms with Crippen molar-refractivity contribution in [1.29, 1.82) is 0 Å². The molecule has 1 aliphatic rings. The predicted molar refractivity (Wildman–Crippen MR) is 116 cm³/mol. The number of hydrogen-bond acceptors (Lipinski definition) is 9. The molecule has 0 aliphatic carbocycles. The van der Waals surface area contributed by atoms with Crippen LogP contribution in [0.5, 0.6) is 0 Å². The third kappa shape index (κ3) is 4.45. The van der Waals surface area contributed by atoms with Crippen LogP contribution in [0.15, 0.2) is 42.3 Å². The molecular weight excluding hydrogens is 400 g/mol. The minimum Gasteiger partial charge on any atom is -0.379 e. The maximum atomic E-state index is 5.40. The van der Waals surface area contributed by atoms with Crippen LogP contribution in [0, 0.1) is 0 Å². The third-order valence-electron chi connectivity index (χ3n) is 5.06. The first-order chi connectivity index (χ1) is 14.8. The van der Waals surface area contributed by atoms with Crippen LogP contribution in [0.1, 0.15) is 6.42 Å². The summed E-state index contributed by atoms with van der Waals surface area (Å²) in [6.07, 6.45) is 6.91. The standard InChI is InChI=1S/C20H22N8OS/c1(4-27-6-8-29-9-7-27)5-28-13-16(12-23-28)15-10-18-17(21-11-15)2-3-19(24-18)25-20-26-22-14-30-20/h2-3,10-14H,1,4-9H2,(H,24,25,26). The highest BCUT2D eigenvalue weighted by Gasteiger charge is 2.10. The van der Waals surface area contributed by atoms with Crippen molar-refractivity contribution in [3.05, 3.63) is 42.3 Å². The summed E-state index contributed by atoms with van der Waals surface area (Å²) < 4.78 is 7.40. The van der Waals surface area contributed by atoms with E-state index in [0.29, 0.717) is 5.13 Å². The summed E-state index contributed by atoms with van der Waals surface area (Å²) in [5.41, 5.74) is 5.39. The van der Waals surface area contributed by atoms with E-state index >= 15 is 0 Å². The van der Waals surface area contributed by atoms with Gasteiger partial charge in [0, 0.05) is 49.7 Å². The first kappa shape index (κ1) is 19.0. The Morgan fingerprint density at radius 1 is 1.07 bits per heavy atom. The normalized spacial score (nSPS) is 14.9. The molecule has 5 heterocycles. The molecule has 1 aliphatic heterocycles. The molecule has 4 aromatic heterocycles. The molecule has 0 unspecified atom stereocenters. The SMILES string of the molecule is c1nnc(Nc2ccc3ncc(-c4cnn(CCCN5CCOCC5)c4)cc3n2)s1. The molecule has 0 amide bonds. The van der Waals surface area contributed by atoms with E-state index in [1.54, 1.807) is 5.51 Å². The van der Waals surface area contributed by atoms with Crippen molar-refractivity contribution in [2.75, 3.05) is 38.2 Å². The molecule has 154 valence electrons. The molecule has 5 rings (SSSR count). The maximum Gasteiger partial charge on any atom is 0.210 e. The Morgan fingerprint density at radius 3 is 2.87 bits per heavy atom. The molecule has 10 heteroatoms. The van der Waals surface area contributed by atoms with Crippen LogP contribution in [-0.2, 0) is 11.3 Å². The molecule has 1 N–H and O–H groups in total. The van der Waals surface area contributed by atoms with Crippen molar-refractivity contribution in [2.45, 2.75) is 13.0 Å². The number of pyridine rings is 2. The Bertz CT molecular complexity index is 1110. The zero-order chi connectivity index (χ0) is 20.2. The fourth-order valence-electron chi connectivity index (χ4n) is 3.49. The van der Waals surface area contributed by atoms with Crippen molar-refractivity contribution in [3.63, 3.8) is 0 Å². The average Bonchev–Trinajstić information content (AvgIpc) is 3.46. The average molecular weight is 423 g/mol. The third-order valence-corrected chi connectivity index (χ3v) is 5.67. The lowest BCUT2D eigenvalue weighted by Gasteiger charge is -2.26. The molecule has 9 nitrogen and oxygen atoms in total. The van der Waals surface area contributed by atoms with Gasteiger partial charge in [-0.15, -0.1) is 10.2 Å². The van der Waals surface area contributed by atoms with Gasteiger partial charge < -0.3 is 10.1 Å². The van der Waals surface area contributed by atoms with Gasteiger partial charge in [-0.2, -0.15) is 5.10 Å². The van der Waals surface area contributed by atoms with Crippen molar-refractivity contribution >= 4 is 33.3 Å². The van der Waals surface area contributed by atoms with Gasteiger partial charge in [0.15, 0.2) is 0 Å². The number of aromatic nitrogens is 6. The number of hydrogen-bond donors (Lipinski definition) is 1. The lowest BCUT2D eigenvalue weighted by molar-refractivity contribution is 0.0368. The minimum atomic E-state index is 0.712. The molecule has 0 radical (unpaired) electrons. The lowest BCUT2D eigenvalue weighted by atomic mass is 10.1. The second-order valence-electron chi connectivity index (χ2n) is 7.13. The Labute approximate surface area is 177 Å². The van der Waals surface area contributed by atoms with E-state index in [1.807, 2.05) is 35.3 Å². The van der Waals surface area contributed by atoms with Crippen LogP contribution in [0.3, 0.4) is 0 Å². The molecule has 1 fully saturated rings. The fraction of sp³-hybridized carbons (Fsp3) is 0.350. The van der Waals surface area contributed by atoms with E-state index in [9.17, 15) is 0 Å². The highest BCUT2D eigenvalue weighted by atomic mass is 32.1. The topological polar surface area (TPSA) is 93.9 Å². The highest BCUT2D eigenvalue weighted by molar-refractivity contribution is 7.13. The van der Waals surface area contributed by atoms with Gasteiger partial charge in [-0.25, -0.2) is 4.98 Å². The van der Waals surface area contributed by atoms with Gasteiger partial charge in [0.2, 0.25) is 5.13 Å². The van der Waals surface area contributed by atoms with E-state index in [0.717, 1.165) is 73.8 Å². The molecule has 0 atom stereocenters. The number of ether oxygens (including phenoxy) is 1. The summed E-state index contributed by atoms with van der Waals surface area (Å²) >= 11 is 1.43. The van der Waals surface area contributed by atoms with Gasteiger partial charge in [-0.05, 0) is 24.6 Å². The minimum absolute atomic E-state index is 0.712. The first-order valence-electron chi connectivity index (χ1n) is 9.96. The molecule has 30 heavy (non-hydrogen) atoms. The van der Waals surface area contributed by atoms with Crippen molar-refractivity contribution in [1.82, 2.24) is 34.8 Å². The van der Waals surface area contributed by atoms with Crippen LogP contribution in [0.25, 0.3) is 22.2 Å². The Kier molecular flexibility index (Phi) is 5.60. The largest absolute Gasteiger partial charge is 0.379 e. The van der Waals surface area contributed by atoms with Gasteiger partial charge in [0.25, 0.3) is 0 Å². The number of nitrogens with zero attached hydrogens (tertiary/aromatic N) is 7. The van der Waals surface area contributed by atoms with Crippen LogP contribution >= 0.6 is 11.3 Å². The van der Waals surface area contributed by atoms with Crippen molar-refractivity contribution < 1.29 is 4.74 Å². The van der Waals surface area contributed by atoms with E-state index in [2.05, 4.69) is 41.7 Å². The highest BCUT2D eigenvalue weighted by Crippen LogP contribution is 2.24. The smallest absolute Gasteiger partial charge is 0.210 e. The van der Waals surface area contributed by atoms with Gasteiger partial charge in [-0.1, -0.05) is 11.3 Å². The zero-order valence-electron chi connectivity index (χ0n) is 16.4. The van der Waals surface area contributed by atoms with Gasteiger partial charge in [0.05, 0.1) is 30.4 Å². The van der Waals surface area contributed by atoms with Crippen LogP contribution < -0.4 is 5.32 Å². The summed E-state index contributed by atoms with van der Waals surface area (Å²) in [6, 6.07) is 5.89. The van der Waals surface area contributed by atoms with E-state index in [-0.39, 0.29) is 0 Å². The van der Waals surface area contributed by atoms with Crippen LogP contribution in [-0.4, -0.2) is 67.7 Å². The number of rotatable bonds is 7. The number of aryl methyl sites for hydroxylation is 1. The van der Waals surface area contributed by atoms with Gasteiger partial charge in [0.1, 0.15) is 11.3 Å². The van der Waals surface area contributed by atoms with E-state index < -0.39 is 0 Å². The molecular formula is C20H22N8OS. The molecule has 0 aromatic carbocycles. The summed E-state index contributed by atoms with van der Waals surface area (Å²) in [5, 5.41) is 16.2. The molecule has 0 bridgehead atoms. The molecule has 1 saturated heterocycles. The summed E-state index contributed by atoms with van der Waals surface area (Å²) in [5.74, 6) is 0.719. The van der Waals surface area contributed by atoms with Crippen LogP contribution in [0.2, 0.25) is 0 Å². The number of fused-ring (bicyclic) bond motifs is 1. The monoisotopic (exact) mass is 422 g/mol. The predicted octanol–water partition coefficient (Wildman–Crippen LogP) is 2.81. The molecule has 0 saturated carbocycles. The number of nitrogens with one attached hydrogen (secondary N) is 1. The quantitative estimate of drug-likeness (QED) is 0.486. The number of morpholine rings is 1. The van der Waals surface area contributed by atoms with Crippen LogP contribution in [0.4, 0.5) is 10.9 Å². The second kappa shape index (κ2) is 8.82. The Hall–Kier alpha value is -2.95. The van der Waals surface area contributed by atoms with Crippen molar-refractivity contribution in [2.24, 2.45) is 0 Å². The van der Waals surface area contributed by atoms with E-state index in [1.165, 1.54) is 11.3 Å². The Morgan fingerprint density at radius 2 is 2.00 bits per heavy atom. The van der Waals surface area contributed by atoms with Gasteiger partial charge >= 0.3 is 0 Å². The fourth-order valence-corrected chi connectivity index (χ4v) is 3.94. The Balaban J connectivity index is 1.27. The molecule has 0 spiro atoms. The molecule has 4 aromatic rings. The maximum absolute atomic E-state index is 5.40. The van der Waals surface area contributed by atoms with E-state index in [4.69, 9.17) is 4.74 Å². The van der Waals surface area contributed by atoms with Crippen molar-refractivity contribution in [3.8, 4) is 11.1 Å². The summed E-state index contributed by atoms with van der Waals surface area (Å²) in [7, 11) is 0. The first-order valence-corrected chi connectivity index (χ1v) is 10.8. The second-order valence-corrected chi connectivity index (χ2v) is 7.96. The number of anilines is 2. The summed E-state index contributed by atoms with van der Waals surface area (Å²) in [6.45, 7) is 5.70.